The zero-order chi connectivity index (χ0) is 15.3. The number of rotatable bonds is 6. The molecule has 0 bridgehead atoms. The quantitative estimate of drug-likeness (QED) is 0.886. The Morgan fingerprint density at radius 1 is 1.00 bits per heavy atom. The Labute approximate surface area is 126 Å². The highest BCUT2D eigenvalue weighted by Crippen LogP contribution is 2.33. The maximum absolute atomic E-state index is 6.07. The molecular weight excluding hydrogens is 262 g/mol. The van der Waals surface area contributed by atoms with Gasteiger partial charge in [0, 0.05) is 18.0 Å². The fraction of sp³-hybridized carbons (Fsp3) is 0.333. The smallest absolute Gasteiger partial charge is 0.125 e. The molecule has 0 fully saturated rings. The molecule has 0 aliphatic rings. The van der Waals surface area contributed by atoms with Crippen LogP contribution in [0.3, 0.4) is 0 Å². The summed E-state index contributed by atoms with van der Waals surface area (Å²) >= 11 is 0. The van der Waals surface area contributed by atoms with E-state index in [9.17, 15) is 0 Å². The third kappa shape index (κ3) is 3.37. The van der Waals surface area contributed by atoms with Crippen molar-refractivity contribution in [1.29, 1.82) is 0 Å². The van der Waals surface area contributed by atoms with Crippen molar-refractivity contribution in [3.05, 3.63) is 59.7 Å². The van der Waals surface area contributed by atoms with Gasteiger partial charge in [-0.05, 0) is 23.6 Å². The van der Waals surface area contributed by atoms with Gasteiger partial charge in [0.25, 0.3) is 0 Å². The Bertz CT molecular complexity index is 583. The Morgan fingerprint density at radius 2 is 1.71 bits per heavy atom. The summed E-state index contributed by atoms with van der Waals surface area (Å²) in [6.07, 6.45) is 0.820. The second-order valence-electron chi connectivity index (χ2n) is 5.49. The van der Waals surface area contributed by atoms with Crippen LogP contribution in [0, 0.1) is 0 Å². The van der Waals surface area contributed by atoms with Gasteiger partial charge in [0.1, 0.15) is 11.5 Å². The number of methoxy groups -OCH3 is 2. The molecule has 0 spiro atoms. The van der Waals surface area contributed by atoms with E-state index < -0.39 is 0 Å². The summed E-state index contributed by atoms with van der Waals surface area (Å²) in [5.74, 6) is 1.63. The molecule has 0 aromatic heterocycles. The van der Waals surface area contributed by atoms with Crippen LogP contribution in [-0.4, -0.2) is 20.8 Å². The van der Waals surface area contributed by atoms with Crippen molar-refractivity contribution in [2.24, 2.45) is 5.73 Å². The molecule has 1 unspecified atom stereocenters. The first-order valence-corrected chi connectivity index (χ1v) is 7.09. The van der Waals surface area contributed by atoms with Gasteiger partial charge in [-0.15, -0.1) is 0 Å². The molecule has 0 radical (unpaired) electrons. The van der Waals surface area contributed by atoms with E-state index in [1.54, 1.807) is 14.2 Å². The van der Waals surface area contributed by atoms with Crippen LogP contribution in [-0.2, 0) is 11.8 Å². The van der Waals surface area contributed by atoms with E-state index in [1.165, 1.54) is 5.56 Å². The second kappa shape index (κ2) is 6.64. The summed E-state index contributed by atoms with van der Waals surface area (Å²) in [7, 11) is 3.34. The second-order valence-corrected chi connectivity index (χ2v) is 5.49. The molecule has 0 aliphatic carbocycles. The summed E-state index contributed by atoms with van der Waals surface area (Å²) in [6, 6.07) is 16.3. The van der Waals surface area contributed by atoms with E-state index in [0.29, 0.717) is 6.54 Å². The van der Waals surface area contributed by atoms with Crippen LogP contribution < -0.4 is 15.2 Å². The fourth-order valence-corrected chi connectivity index (χ4v) is 2.55. The van der Waals surface area contributed by atoms with E-state index >= 15 is 0 Å². The van der Waals surface area contributed by atoms with Crippen molar-refractivity contribution in [3.8, 4) is 11.5 Å². The minimum Gasteiger partial charge on any atom is -0.497 e. The van der Waals surface area contributed by atoms with Crippen molar-refractivity contribution < 1.29 is 9.47 Å². The molecule has 0 saturated carbocycles. The number of ether oxygens (including phenoxy) is 2. The van der Waals surface area contributed by atoms with Gasteiger partial charge >= 0.3 is 0 Å². The lowest BCUT2D eigenvalue weighted by Gasteiger charge is -2.29. The molecule has 112 valence electrons. The van der Waals surface area contributed by atoms with Gasteiger partial charge in [-0.25, -0.2) is 0 Å². The fourth-order valence-electron chi connectivity index (χ4n) is 2.55. The average Bonchev–Trinajstić information content (AvgIpc) is 2.55. The van der Waals surface area contributed by atoms with Crippen LogP contribution in [0.2, 0.25) is 0 Å². The van der Waals surface area contributed by atoms with E-state index in [4.69, 9.17) is 15.2 Å². The Hall–Kier alpha value is -2.00. The first kappa shape index (κ1) is 15.4. The summed E-state index contributed by atoms with van der Waals surface area (Å²) in [6.45, 7) is 2.76. The highest BCUT2D eigenvalue weighted by molar-refractivity contribution is 5.43. The van der Waals surface area contributed by atoms with Gasteiger partial charge in [0.05, 0.1) is 14.2 Å². The summed E-state index contributed by atoms with van der Waals surface area (Å²) in [4.78, 5) is 0. The normalized spacial score (nSPS) is 13.5. The molecule has 0 aliphatic heterocycles. The number of hydrogen-bond donors (Lipinski definition) is 1. The molecule has 3 heteroatoms. The topological polar surface area (TPSA) is 44.5 Å². The largest absolute Gasteiger partial charge is 0.497 e. The maximum Gasteiger partial charge on any atom is 0.125 e. The van der Waals surface area contributed by atoms with Crippen LogP contribution in [0.4, 0.5) is 0 Å². The van der Waals surface area contributed by atoms with Gasteiger partial charge in [0.2, 0.25) is 0 Å². The van der Waals surface area contributed by atoms with E-state index in [0.717, 1.165) is 23.5 Å². The lowest BCUT2D eigenvalue weighted by Crippen LogP contribution is -2.34. The molecule has 2 rings (SSSR count). The maximum atomic E-state index is 6.07. The van der Waals surface area contributed by atoms with E-state index in [-0.39, 0.29) is 5.41 Å². The lowest BCUT2D eigenvalue weighted by molar-refractivity contribution is 0.384. The van der Waals surface area contributed by atoms with Gasteiger partial charge in [-0.1, -0.05) is 43.3 Å². The zero-order valence-corrected chi connectivity index (χ0v) is 12.9. The summed E-state index contributed by atoms with van der Waals surface area (Å²) in [5, 5.41) is 0. The van der Waals surface area contributed by atoms with Crippen molar-refractivity contribution in [2.75, 3.05) is 20.8 Å². The molecule has 2 N–H and O–H groups in total. The van der Waals surface area contributed by atoms with Crippen molar-refractivity contribution >= 4 is 0 Å². The molecule has 0 heterocycles. The first-order chi connectivity index (χ1) is 10.1. The molecule has 0 amide bonds. The molecule has 0 saturated heterocycles. The SMILES string of the molecule is COc1ccc(CC(C)(CN)c2ccccc2)c(OC)c1. The molecule has 2 aromatic rings. The van der Waals surface area contributed by atoms with Crippen LogP contribution >= 0.6 is 0 Å². The van der Waals surface area contributed by atoms with Crippen LogP contribution in [0.1, 0.15) is 18.1 Å². The Morgan fingerprint density at radius 3 is 2.29 bits per heavy atom. The average molecular weight is 285 g/mol. The van der Waals surface area contributed by atoms with Crippen molar-refractivity contribution in [3.63, 3.8) is 0 Å². The van der Waals surface area contributed by atoms with Crippen LogP contribution in [0.5, 0.6) is 11.5 Å². The molecule has 3 nitrogen and oxygen atoms in total. The lowest BCUT2D eigenvalue weighted by atomic mass is 9.77. The Balaban J connectivity index is 2.34. The zero-order valence-electron chi connectivity index (χ0n) is 12.9. The summed E-state index contributed by atoms with van der Waals surface area (Å²) < 4.78 is 10.7. The van der Waals surface area contributed by atoms with Gasteiger partial charge in [-0.2, -0.15) is 0 Å². The standard InChI is InChI=1S/C18H23NO2/c1-18(13-19,15-7-5-4-6-8-15)12-14-9-10-16(20-2)11-17(14)21-3/h4-11H,12-13,19H2,1-3H3. The molecule has 1 atom stereocenters. The summed E-state index contributed by atoms with van der Waals surface area (Å²) in [5.41, 5.74) is 8.32. The predicted molar refractivity (Wildman–Crippen MR) is 86.1 cm³/mol. The third-order valence-corrected chi connectivity index (χ3v) is 4.00. The van der Waals surface area contributed by atoms with Gasteiger partial charge in [0.15, 0.2) is 0 Å². The van der Waals surface area contributed by atoms with Crippen molar-refractivity contribution in [2.45, 2.75) is 18.8 Å². The van der Waals surface area contributed by atoms with Gasteiger partial charge in [-0.3, -0.25) is 0 Å². The molecule has 21 heavy (non-hydrogen) atoms. The molecular formula is C18H23NO2. The first-order valence-electron chi connectivity index (χ1n) is 7.09. The number of hydrogen-bond acceptors (Lipinski definition) is 3. The predicted octanol–water partition coefficient (Wildman–Crippen LogP) is 3.16. The number of nitrogens with two attached hydrogens (primary N) is 1. The number of benzene rings is 2. The van der Waals surface area contributed by atoms with Crippen molar-refractivity contribution in [1.82, 2.24) is 0 Å². The minimum absolute atomic E-state index is 0.122. The van der Waals surface area contributed by atoms with Crippen LogP contribution in [0.15, 0.2) is 48.5 Å². The Kier molecular flexibility index (Phi) is 4.86. The highest BCUT2D eigenvalue weighted by atomic mass is 16.5. The van der Waals surface area contributed by atoms with E-state index in [2.05, 4.69) is 37.3 Å². The highest BCUT2D eigenvalue weighted by Gasteiger charge is 2.26. The minimum atomic E-state index is -0.122. The monoisotopic (exact) mass is 285 g/mol. The van der Waals surface area contributed by atoms with Gasteiger partial charge < -0.3 is 15.2 Å². The third-order valence-electron chi connectivity index (χ3n) is 4.00. The van der Waals surface area contributed by atoms with E-state index in [1.807, 2.05) is 18.2 Å². The van der Waals surface area contributed by atoms with Crippen LogP contribution in [0.25, 0.3) is 0 Å². The molecule has 2 aromatic carbocycles.